The Morgan fingerprint density at radius 1 is 1.21 bits per heavy atom. The molecule has 5 heteroatoms. The van der Waals surface area contributed by atoms with Crippen molar-refractivity contribution >= 4 is 12.0 Å². The first kappa shape index (κ1) is 16.8. The fourth-order valence-electron chi connectivity index (χ4n) is 3.76. The van der Waals surface area contributed by atoms with Gasteiger partial charge in [-0.05, 0) is 45.2 Å². The molecule has 2 unspecified atom stereocenters. The SMILES string of the molecule is Cc1ccccc1C1C2CCC(=O)N2CCN1C(=O)OC(C)(C)C. The van der Waals surface area contributed by atoms with Crippen molar-refractivity contribution in [2.45, 2.75) is 58.2 Å². The average Bonchev–Trinajstić information content (AvgIpc) is 2.87. The largest absolute Gasteiger partial charge is 0.444 e. The zero-order valence-electron chi connectivity index (χ0n) is 14.9. The first-order valence-corrected chi connectivity index (χ1v) is 8.62. The number of carbonyl (C=O) groups excluding carboxylic acids is 2. The number of hydrogen-bond acceptors (Lipinski definition) is 3. The van der Waals surface area contributed by atoms with Gasteiger partial charge in [0.15, 0.2) is 0 Å². The summed E-state index contributed by atoms with van der Waals surface area (Å²) in [4.78, 5) is 28.7. The highest BCUT2D eigenvalue weighted by molar-refractivity contribution is 5.80. The summed E-state index contributed by atoms with van der Waals surface area (Å²) in [5, 5.41) is 0. The molecule has 1 aromatic carbocycles. The van der Waals surface area contributed by atoms with Crippen molar-refractivity contribution in [3.8, 4) is 0 Å². The van der Waals surface area contributed by atoms with Gasteiger partial charge in [0.1, 0.15) is 5.60 Å². The Hall–Kier alpha value is -2.04. The van der Waals surface area contributed by atoms with E-state index in [2.05, 4.69) is 19.1 Å². The van der Waals surface area contributed by atoms with Crippen molar-refractivity contribution in [2.24, 2.45) is 0 Å². The summed E-state index contributed by atoms with van der Waals surface area (Å²) in [6.07, 6.45) is 1.06. The Kier molecular flexibility index (Phi) is 4.28. The lowest BCUT2D eigenvalue weighted by Crippen LogP contribution is -2.56. The molecule has 5 nitrogen and oxygen atoms in total. The highest BCUT2D eigenvalue weighted by atomic mass is 16.6. The summed E-state index contributed by atoms with van der Waals surface area (Å²) >= 11 is 0. The molecule has 24 heavy (non-hydrogen) atoms. The highest BCUT2D eigenvalue weighted by Gasteiger charge is 2.46. The van der Waals surface area contributed by atoms with Gasteiger partial charge in [-0.15, -0.1) is 0 Å². The minimum absolute atomic E-state index is 0.0415. The molecule has 2 aliphatic rings. The van der Waals surface area contributed by atoms with E-state index < -0.39 is 5.60 Å². The van der Waals surface area contributed by atoms with Crippen molar-refractivity contribution in [3.05, 3.63) is 35.4 Å². The Morgan fingerprint density at radius 3 is 2.58 bits per heavy atom. The van der Waals surface area contributed by atoms with E-state index in [0.717, 1.165) is 17.5 Å². The molecule has 0 spiro atoms. The molecule has 2 atom stereocenters. The number of benzene rings is 1. The molecule has 0 aromatic heterocycles. The van der Waals surface area contributed by atoms with Gasteiger partial charge in [-0.3, -0.25) is 9.69 Å². The van der Waals surface area contributed by atoms with Crippen molar-refractivity contribution in [1.82, 2.24) is 9.80 Å². The molecule has 1 aromatic rings. The third-order valence-electron chi connectivity index (χ3n) is 4.79. The number of piperazine rings is 1. The van der Waals surface area contributed by atoms with Gasteiger partial charge in [-0.1, -0.05) is 24.3 Å². The minimum Gasteiger partial charge on any atom is -0.444 e. The predicted octanol–water partition coefficient (Wildman–Crippen LogP) is 3.28. The second-order valence-electron chi connectivity index (χ2n) is 7.67. The number of fused-ring (bicyclic) bond motifs is 1. The summed E-state index contributed by atoms with van der Waals surface area (Å²) in [6, 6.07) is 8.01. The molecule has 2 heterocycles. The van der Waals surface area contributed by atoms with E-state index in [1.165, 1.54) is 0 Å². The van der Waals surface area contributed by atoms with Gasteiger partial charge < -0.3 is 9.64 Å². The first-order chi connectivity index (χ1) is 11.3. The third-order valence-corrected chi connectivity index (χ3v) is 4.79. The molecular formula is C19H26N2O3. The summed E-state index contributed by atoms with van der Waals surface area (Å²) in [5.74, 6) is 0.197. The van der Waals surface area contributed by atoms with Crippen molar-refractivity contribution in [1.29, 1.82) is 0 Å². The van der Waals surface area contributed by atoms with Crippen LogP contribution in [0.1, 0.15) is 50.8 Å². The number of ether oxygens (including phenoxy) is 1. The van der Waals surface area contributed by atoms with Gasteiger partial charge in [-0.25, -0.2) is 4.79 Å². The molecule has 130 valence electrons. The van der Waals surface area contributed by atoms with Gasteiger partial charge >= 0.3 is 6.09 Å². The van der Waals surface area contributed by atoms with Crippen LogP contribution in [0.5, 0.6) is 0 Å². The van der Waals surface area contributed by atoms with E-state index in [9.17, 15) is 9.59 Å². The van der Waals surface area contributed by atoms with Gasteiger partial charge in [-0.2, -0.15) is 0 Å². The van der Waals surface area contributed by atoms with Crippen LogP contribution >= 0.6 is 0 Å². The van der Waals surface area contributed by atoms with Crippen LogP contribution < -0.4 is 0 Å². The molecule has 2 saturated heterocycles. The van der Waals surface area contributed by atoms with Crippen LogP contribution in [-0.2, 0) is 9.53 Å². The fourth-order valence-corrected chi connectivity index (χ4v) is 3.76. The molecule has 2 amide bonds. The number of rotatable bonds is 1. The fraction of sp³-hybridized carbons (Fsp3) is 0.579. The van der Waals surface area contributed by atoms with Gasteiger partial charge in [0, 0.05) is 19.5 Å². The molecule has 3 rings (SSSR count). The van der Waals surface area contributed by atoms with Crippen LogP contribution in [0.2, 0.25) is 0 Å². The number of aryl methyl sites for hydroxylation is 1. The predicted molar refractivity (Wildman–Crippen MR) is 91.6 cm³/mol. The lowest BCUT2D eigenvalue weighted by molar-refractivity contribution is -0.132. The maximum absolute atomic E-state index is 12.8. The Bertz CT molecular complexity index is 650. The molecule has 0 saturated carbocycles. The van der Waals surface area contributed by atoms with Crippen molar-refractivity contribution < 1.29 is 14.3 Å². The maximum Gasteiger partial charge on any atom is 0.410 e. The monoisotopic (exact) mass is 330 g/mol. The topological polar surface area (TPSA) is 49.9 Å². The van der Waals surface area contributed by atoms with Crippen LogP contribution in [0, 0.1) is 6.92 Å². The van der Waals surface area contributed by atoms with Crippen LogP contribution in [0.15, 0.2) is 24.3 Å². The third kappa shape index (κ3) is 3.12. The van der Waals surface area contributed by atoms with Crippen LogP contribution in [-0.4, -0.2) is 46.5 Å². The zero-order valence-corrected chi connectivity index (χ0v) is 14.9. The average molecular weight is 330 g/mol. The highest BCUT2D eigenvalue weighted by Crippen LogP contribution is 2.39. The standard InChI is InChI=1S/C19H26N2O3/c1-13-7-5-6-8-14(13)17-15-9-10-16(22)20(15)11-12-21(17)18(23)24-19(2,3)4/h5-8,15,17H,9-12H2,1-4H3. The van der Waals surface area contributed by atoms with Crippen molar-refractivity contribution in [3.63, 3.8) is 0 Å². The Morgan fingerprint density at radius 2 is 1.92 bits per heavy atom. The lowest BCUT2D eigenvalue weighted by atomic mass is 9.91. The molecule has 0 radical (unpaired) electrons. The van der Waals surface area contributed by atoms with E-state index in [1.807, 2.05) is 42.7 Å². The number of nitrogens with zero attached hydrogens (tertiary/aromatic N) is 2. The van der Waals surface area contributed by atoms with Crippen LogP contribution in [0.25, 0.3) is 0 Å². The van der Waals surface area contributed by atoms with E-state index in [0.29, 0.717) is 19.5 Å². The molecular weight excluding hydrogens is 304 g/mol. The molecule has 0 bridgehead atoms. The second kappa shape index (κ2) is 6.11. The number of carbonyl (C=O) groups is 2. The van der Waals surface area contributed by atoms with Crippen LogP contribution in [0.3, 0.4) is 0 Å². The van der Waals surface area contributed by atoms with Gasteiger partial charge in [0.25, 0.3) is 0 Å². The Labute approximate surface area is 143 Å². The van der Waals surface area contributed by atoms with E-state index >= 15 is 0 Å². The summed E-state index contributed by atoms with van der Waals surface area (Å²) < 4.78 is 5.63. The van der Waals surface area contributed by atoms with Crippen LogP contribution in [0.4, 0.5) is 4.79 Å². The maximum atomic E-state index is 12.8. The first-order valence-electron chi connectivity index (χ1n) is 8.62. The van der Waals surface area contributed by atoms with E-state index in [4.69, 9.17) is 4.74 Å². The molecule has 2 aliphatic heterocycles. The Balaban J connectivity index is 1.97. The summed E-state index contributed by atoms with van der Waals surface area (Å²) in [7, 11) is 0. The smallest absolute Gasteiger partial charge is 0.410 e. The molecule has 0 N–H and O–H groups in total. The molecule has 2 fully saturated rings. The van der Waals surface area contributed by atoms with Crippen molar-refractivity contribution in [2.75, 3.05) is 13.1 Å². The number of hydrogen-bond donors (Lipinski definition) is 0. The second-order valence-corrected chi connectivity index (χ2v) is 7.67. The normalized spacial score (nSPS) is 24.1. The van der Waals surface area contributed by atoms with Gasteiger partial charge in [0.05, 0.1) is 12.1 Å². The van der Waals surface area contributed by atoms with Gasteiger partial charge in [0.2, 0.25) is 5.91 Å². The zero-order chi connectivity index (χ0) is 17.5. The molecule has 0 aliphatic carbocycles. The number of amides is 2. The quantitative estimate of drug-likeness (QED) is 0.794. The van der Waals surface area contributed by atoms with E-state index in [-0.39, 0.29) is 24.1 Å². The van der Waals surface area contributed by atoms with E-state index in [1.54, 1.807) is 0 Å². The summed E-state index contributed by atoms with van der Waals surface area (Å²) in [6.45, 7) is 8.79. The minimum atomic E-state index is -0.532. The summed E-state index contributed by atoms with van der Waals surface area (Å²) in [5.41, 5.74) is 1.71. The lowest BCUT2D eigenvalue weighted by Gasteiger charge is -2.45.